The first-order valence-electron chi connectivity index (χ1n) is 8.68. The number of aliphatic hydroxyl groups is 1. The molecule has 0 atom stereocenters. The number of aliphatic hydroxyl groups excluding tert-OH is 1. The summed E-state index contributed by atoms with van der Waals surface area (Å²) in [6.45, 7) is 0.230. The van der Waals surface area contributed by atoms with Gasteiger partial charge in [-0.1, -0.05) is 6.07 Å². The van der Waals surface area contributed by atoms with Crippen molar-refractivity contribution in [3.63, 3.8) is 0 Å². The Labute approximate surface area is 159 Å². The van der Waals surface area contributed by atoms with Crippen LogP contribution in [0.15, 0.2) is 60.9 Å². The first-order chi connectivity index (χ1) is 13.7. The number of halogens is 2. The van der Waals surface area contributed by atoms with Crippen molar-refractivity contribution >= 4 is 16.7 Å². The Bertz CT molecular complexity index is 1140. The van der Waals surface area contributed by atoms with E-state index in [4.69, 9.17) is 0 Å². The second kappa shape index (κ2) is 7.66. The maximum absolute atomic E-state index is 14.2. The predicted octanol–water partition coefficient (Wildman–Crippen LogP) is 4.04. The van der Waals surface area contributed by atoms with E-state index < -0.39 is 11.6 Å². The lowest BCUT2D eigenvalue weighted by molar-refractivity contribution is 0.311. The molecule has 0 aliphatic carbocycles. The molecule has 2 aromatic carbocycles. The molecule has 140 valence electrons. The van der Waals surface area contributed by atoms with E-state index in [0.717, 1.165) is 11.6 Å². The summed E-state index contributed by atoms with van der Waals surface area (Å²) >= 11 is 0. The molecule has 0 bridgehead atoms. The summed E-state index contributed by atoms with van der Waals surface area (Å²) in [5.41, 5.74) is 2.27. The van der Waals surface area contributed by atoms with Crippen LogP contribution in [-0.4, -0.2) is 33.2 Å². The van der Waals surface area contributed by atoms with Gasteiger partial charge in [0.25, 0.3) is 0 Å². The summed E-state index contributed by atoms with van der Waals surface area (Å²) in [6, 6.07) is 12.4. The fourth-order valence-corrected chi connectivity index (χ4v) is 2.95. The van der Waals surface area contributed by atoms with Crippen molar-refractivity contribution in [2.45, 2.75) is 0 Å². The molecule has 0 saturated heterocycles. The lowest BCUT2D eigenvalue weighted by atomic mass is 10.0. The number of nitrogens with one attached hydrogen (secondary N) is 1. The Morgan fingerprint density at radius 2 is 1.86 bits per heavy atom. The molecule has 0 fully saturated rings. The fourth-order valence-electron chi connectivity index (χ4n) is 2.95. The van der Waals surface area contributed by atoms with Crippen LogP contribution in [0.3, 0.4) is 0 Å². The van der Waals surface area contributed by atoms with Gasteiger partial charge in [0, 0.05) is 41.5 Å². The quantitative estimate of drug-likeness (QED) is 0.548. The summed E-state index contributed by atoms with van der Waals surface area (Å²) in [4.78, 5) is 13.2. The van der Waals surface area contributed by atoms with Crippen LogP contribution >= 0.6 is 0 Å². The van der Waals surface area contributed by atoms with Gasteiger partial charge in [-0.05, 0) is 42.0 Å². The van der Waals surface area contributed by atoms with Gasteiger partial charge in [0.1, 0.15) is 17.5 Å². The molecule has 28 heavy (non-hydrogen) atoms. The molecule has 0 spiro atoms. The lowest BCUT2D eigenvalue weighted by Gasteiger charge is -2.12. The van der Waals surface area contributed by atoms with Crippen molar-refractivity contribution in [1.82, 2.24) is 15.0 Å². The van der Waals surface area contributed by atoms with Crippen molar-refractivity contribution in [1.29, 1.82) is 0 Å². The van der Waals surface area contributed by atoms with E-state index in [-0.39, 0.29) is 12.2 Å². The highest BCUT2D eigenvalue weighted by Crippen LogP contribution is 2.30. The number of pyridine rings is 1. The molecule has 0 unspecified atom stereocenters. The number of nitrogens with zero attached hydrogens (tertiary/aromatic N) is 3. The van der Waals surface area contributed by atoms with E-state index in [1.165, 1.54) is 12.1 Å². The number of hydrogen-bond acceptors (Lipinski definition) is 5. The van der Waals surface area contributed by atoms with Crippen LogP contribution in [0.1, 0.15) is 0 Å². The molecule has 7 heteroatoms. The third-order valence-corrected chi connectivity index (χ3v) is 4.26. The first kappa shape index (κ1) is 17.9. The van der Waals surface area contributed by atoms with Gasteiger partial charge in [0.15, 0.2) is 5.82 Å². The smallest absolute Gasteiger partial charge is 0.163 e. The van der Waals surface area contributed by atoms with Gasteiger partial charge >= 0.3 is 0 Å². The van der Waals surface area contributed by atoms with Crippen molar-refractivity contribution < 1.29 is 13.9 Å². The Morgan fingerprint density at radius 1 is 0.964 bits per heavy atom. The van der Waals surface area contributed by atoms with Gasteiger partial charge in [0.2, 0.25) is 0 Å². The molecule has 2 N–H and O–H groups in total. The second-order valence-electron chi connectivity index (χ2n) is 6.14. The number of hydrogen-bond donors (Lipinski definition) is 2. The van der Waals surface area contributed by atoms with Crippen LogP contribution in [0.4, 0.5) is 14.6 Å². The van der Waals surface area contributed by atoms with Crippen LogP contribution in [0.5, 0.6) is 0 Å². The van der Waals surface area contributed by atoms with Crippen LogP contribution in [0, 0.1) is 11.6 Å². The average Bonchev–Trinajstić information content (AvgIpc) is 2.72. The number of rotatable bonds is 5. The third-order valence-electron chi connectivity index (χ3n) is 4.26. The SMILES string of the molecule is OCCNc1nc(-c2cccnc2)nc2ccc(-c3ccc(F)cc3F)cc12. The topological polar surface area (TPSA) is 70.9 Å². The standard InChI is InChI=1S/C21H16F2N4O/c22-15-4-5-16(18(23)11-15)13-3-6-19-17(10-13)21(25-8-9-28)27-20(26-19)14-2-1-7-24-12-14/h1-7,10-12,28H,8-9H2,(H,25,26,27). The van der Waals surface area contributed by atoms with E-state index in [2.05, 4.69) is 20.3 Å². The van der Waals surface area contributed by atoms with Crippen LogP contribution in [0.25, 0.3) is 33.4 Å². The summed E-state index contributed by atoms with van der Waals surface area (Å²) in [5.74, 6) is -0.266. The zero-order valence-electron chi connectivity index (χ0n) is 14.7. The molecule has 4 aromatic rings. The predicted molar refractivity (Wildman–Crippen MR) is 104 cm³/mol. The van der Waals surface area contributed by atoms with E-state index >= 15 is 0 Å². The minimum Gasteiger partial charge on any atom is -0.395 e. The van der Waals surface area contributed by atoms with E-state index in [0.29, 0.717) is 34.7 Å². The molecule has 5 nitrogen and oxygen atoms in total. The number of benzene rings is 2. The van der Waals surface area contributed by atoms with Gasteiger partial charge in [-0.15, -0.1) is 0 Å². The highest BCUT2D eigenvalue weighted by atomic mass is 19.1. The minimum absolute atomic E-state index is 0.0694. The van der Waals surface area contributed by atoms with Crippen LogP contribution in [-0.2, 0) is 0 Å². The maximum Gasteiger partial charge on any atom is 0.163 e. The zero-order chi connectivity index (χ0) is 19.5. The largest absolute Gasteiger partial charge is 0.395 e. The van der Waals surface area contributed by atoms with Crippen molar-refractivity contribution in [3.8, 4) is 22.5 Å². The maximum atomic E-state index is 14.2. The van der Waals surface area contributed by atoms with Gasteiger partial charge < -0.3 is 10.4 Å². The Morgan fingerprint density at radius 3 is 2.61 bits per heavy atom. The molecule has 2 heterocycles. The van der Waals surface area contributed by atoms with E-state index in [9.17, 15) is 13.9 Å². The fraction of sp³-hybridized carbons (Fsp3) is 0.0952. The summed E-state index contributed by atoms with van der Waals surface area (Å²) in [5, 5.41) is 12.9. The second-order valence-corrected chi connectivity index (χ2v) is 6.14. The summed E-state index contributed by atoms with van der Waals surface area (Å²) < 4.78 is 27.4. The van der Waals surface area contributed by atoms with Gasteiger partial charge in [-0.2, -0.15) is 0 Å². The van der Waals surface area contributed by atoms with Gasteiger partial charge in [-0.25, -0.2) is 18.7 Å². The van der Waals surface area contributed by atoms with E-state index in [1.54, 1.807) is 36.7 Å². The number of anilines is 1. The van der Waals surface area contributed by atoms with E-state index in [1.807, 2.05) is 6.07 Å². The molecule has 0 aliphatic rings. The van der Waals surface area contributed by atoms with Crippen molar-refractivity contribution in [2.24, 2.45) is 0 Å². The van der Waals surface area contributed by atoms with Gasteiger partial charge in [0.05, 0.1) is 12.1 Å². The third kappa shape index (κ3) is 3.52. The van der Waals surface area contributed by atoms with Crippen LogP contribution in [0.2, 0.25) is 0 Å². The molecule has 2 aromatic heterocycles. The Kier molecular flexibility index (Phi) is 4.90. The van der Waals surface area contributed by atoms with Crippen molar-refractivity contribution in [3.05, 3.63) is 72.6 Å². The number of fused-ring (bicyclic) bond motifs is 1. The molecule has 4 rings (SSSR count). The summed E-state index contributed by atoms with van der Waals surface area (Å²) in [7, 11) is 0. The molecular formula is C21H16F2N4O. The molecule has 0 radical (unpaired) electrons. The molecule has 0 aliphatic heterocycles. The molecular weight excluding hydrogens is 362 g/mol. The molecule has 0 amide bonds. The Hall–Kier alpha value is -3.45. The molecule has 0 saturated carbocycles. The number of aromatic nitrogens is 3. The summed E-state index contributed by atoms with van der Waals surface area (Å²) in [6.07, 6.45) is 3.33. The highest BCUT2D eigenvalue weighted by molar-refractivity contribution is 5.94. The first-order valence-corrected chi connectivity index (χ1v) is 8.68. The lowest BCUT2D eigenvalue weighted by Crippen LogP contribution is -2.08. The minimum atomic E-state index is -0.642. The highest BCUT2D eigenvalue weighted by Gasteiger charge is 2.13. The monoisotopic (exact) mass is 378 g/mol. The normalized spacial score (nSPS) is 11.0. The zero-order valence-corrected chi connectivity index (χ0v) is 14.7. The van der Waals surface area contributed by atoms with Crippen molar-refractivity contribution in [2.75, 3.05) is 18.5 Å². The average molecular weight is 378 g/mol. The van der Waals surface area contributed by atoms with Gasteiger partial charge in [-0.3, -0.25) is 4.98 Å². The van der Waals surface area contributed by atoms with Crippen LogP contribution < -0.4 is 5.32 Å². The Balaban J connectivity index is 1.87.